The molecule has 0 saturated carbocycles. The number of hydrogen-bond donors (Lipinski definition) is 1. The van der Waals surface area contributed by atoms with Crippen molar-refractivity contribution in [1.29, 1.82) is 0 Å². The number of anilines is 1. The van der Waals surface area contributed by atoms with Gasteiger partial charge < -0.3 is 9.88 Å². The molecule has 1 heterocycles. The number of nitrogens with zero attached hydrogens (tertiary/aromatic N) is 2. The van der Waals surface area contributed by atoms with E-state index in [0.717, 1.165) is 25.3 Å². The number of aryl methyl sites for hydroxylation is 2. The highest BCUT2D eigenvalue weighted by molar-refractivity contribution is 5.42. The Hall–Kier alpha value is -1.77. The quantitative estimate of drug-likeness (QED) is 0.777. The third-order valence-electron chi connectivity index (χ3n) is 2.60. The molecule has 84 valence electrons. The molecule has 0 amide bonds. The number of para-hydroxylation sites is 1. The summed E-state index contributed by atoms with van der Waals surface area (Å²) in [7, 11) is 0. The van der Waals surface area contributed by atoms with E-state index in [4.69, 9.17) is 0 Å². The summed E-state index contributed by atoms with van der Waals surface area (Å²) in [6.07, 6.45) is 4.98. The van der Waals surface area contributed by atoms with Gasteiger partial charge in [-0.15, -0.1) is 0 Å². The topological polar surface area (TPSA) is 29.9 Å². The second-order valence-electron chi connectivity index (χ2n) is 3.81. The second kappa shape index (κ2) is 5.35. The zero-order valence-corrected chi connectivity index (χ0v) is 9.56. The Bertz CT molecular complexity index is 420. The molecule has 2 aromatic rings. The van der Waals surface area contributed by atoms with E-state index in [0.29, 0.717) is 0 Å². The van der Waals surface area contributed by atoms with E-state index in [9.17, 15) is 0 Å². The average molecular weight is 215 g/mol. The molecule has 1 N–H and O–H groups in total. The molecule has 1 aromatic carbocycles. The van der Waals surface area contributed by atoms with Crippen LogP contribution in [0.5, 0.6) is 0 Å². The Balaban J connectivity index is 1.72. The van der Waals surface area contributed by atoms with Crippen LogP contribution in [0.3, 0.4) is 0 Å². The molecule has 0 radical (unpaired) electrons. The molecule has 0 atom stereocenters. The van der Waals surface area contributed by atoms with Crippen molar-refractivity contribution in [3.63, 3.8) is 0 Å². The minimum absolute atomic E-state index is 0.988. The summed E-state index contributed by atoms with van der Waals surface area (Å²) in [5.41, 5.74) is 1.19. The van der Waals surface area contributed by atoms with Crippen molar-refractivity contribution in [3.8, 4) is 0 Å². The van der Waals surface area contributed by atoms with Crippen LogP contribution < -0.4 is 5.32 Å². The van der Waals surface area contributed by atoms with Gasteiger partial charge in [0.1, 0.15) is 5.82 Å². The monoisotopic (exact) mass is 215 g/mol. The lowest BCUT2D eigenvalue weighted by Crippen LogP contribution is -2.07. The van der Waals surface area contributed by atoms with Crippen molar-refractivity contribution >= 4 is 5.69 Å². The van der Waals surface area contributed by atoms with Gasteiger partial charge >= 0.3 is 0 Å². The first kappa shape index (κ1) is 10.7. The molecule has 0 spiro atoms. The van der Waals surface area contributed by atoms with Gasteiger partial charge in [0.05, 0.1) is 0 Å². The number of rotatable bonds is 5. The zero-order valence-electron chi connectivity index (χ0n) is 9.56. The lowest BCUT2D eigenvalue weighted by atomic mass is 10.3. The second-order valence-corrected chi connectivity index (χ2v) is 3.81. The van der Waals surface area contributed by atoms with Crippen LogP contribution in [0, 0.1) is 6.92 Å². The van der Waals surface area contributed by atoms with Gasteiger partial charge in [-0.2, -0.15) is 0 Å². The fourth-order valence-electron chi connectivity index (χ4n) is 1.68. The van der Waals surface area contributed by atoms with Gasteiger partial charge in [-0.05, 0) is 25.5 Å². The lowest BCUT2D eigenvalue weighted by molar-refractivity contribution is 0.642. The molecule has 0 aliphatic carbocycles. The fourth-order valence-corrected chi connectivity index (χ4v) is 1.68. The summed E-state index contributed by atoms with van der Waals surface area (Å²) in [6, 6.07) is 10.3. The largest absolute Gasteiger partial charge is 0.385 e. The first-order valence-electron chi connectivity index (χ1n) is 5.63. The summed E-state index contributed by atoms with van der Waals surface area (Å²) in [5.74, 6) is 1.08. The van der Waals surface area contributed by atoms with Crippen molar-refractivity contribution < 1.29 is 0 Å². The molecule has 0 aliphatic rings. The first-order chi connectivity index (χ1) is 7.86. The van der Waals surface area contributed by atoms with Gasteiger partial charge in [-0.25, -0.2) is 4.98 Å². The molecular formula is C13H17N3. The summed E-state index contributed by atoms with van der Waals surface area (Å²) >= 11 is 0. The Kier molecular flexibility index (Phi) is 3.59. The molecule has 2 rings (SSSR count). The van der Waals surface area contributed by atoms with E-state index >= 15 is 0 Å². The number of imidazole rings is 1. The Labute approximate surface area is 96.1 Å². The summed E-state index contributed by atoms with van der Waals surface area (Å²) in [4.78, 5) is 4.20. The van der Waals surface area contributed by atoms with Gasteiger partial charge in [0.25, 0.3) is 0 Å². The van der Waals surface area contributed by atoms with Crippen LogP contribution in [0.15, 0.2) is 42.7 Å². The SMILES string of the molecule is Cc1nccn1CCCNc1ccccc1. The minimum atomic E-state index is 0.988. The third-order valence-corrected chi connectivity index (χ3v) is 2.60. The molecule has 3 heteroatoms. The van der Waals surface area contributed by atoms with E-state index in [1.54, 1.807) is 0 Å². The highest BCUT2D eigenvalue weighted by atomic mass is 15.1. The maximum absolute atomic E-state index is 4.20. The number of nitrogens with one attached hydrogen (secondary N) is 1. The van der Waals surface area contributed by atoms with Crippen LogP contribution in [0.4, 0.5) is 5.69 Å². The van der Waals surface area contributed by atoms with Crippen LogP contribution in [-0.4, -0.2) is 16.1 Å². The van der Waals surface area contributed by atoms with E-state index in [1.165, 1.54) is 5.69 Å². The van der Waals surface area contributed by atoms with E-state index in [2.05, 4.69) is 27.0 Å². The van der Waals surface area contributed by atoms with Gasteiger partial charge in [-0.1, -0.05) is 18.2 Å². The van der Waals surface area contributed by atoms with Gasteiger partial charge in [0.2, 0.25) is 0 Å². The average Bonchev–Trinajstić information content (AvgIpc) is 2.72. The van der Waals surface area contributed by atoms with E-state index < -0.39 is 0 Å². The van der Waals surface area contributed by atoms with Gasteiger partial charge in [0, 0.05) is 31.2 Å². The summed E-state index contributed by atoms with van der Waals surface area (Å²) in [6.45, 7) is 4.04. The van der Waals surface area contributed by atoms with Gasteiger partial charge in [-0.3, -0.25) is 0 Å². The fraction of sp³-hybridized carbons (Fsp3) is 0.308. The van der Waals surface area contributed by atoms with Crippen molar-refractivity contribution in [1.82, 2.24) is 9.55 Å². The van der Waals surface area contributed by atoms with Crippen LogP contribution in [0.2, 0.25) is 0 Å². The highest BCUT2D eigenvalue weighted by Crippen LogP contribution is 2.05. The number of benzene rings is 1. The van der Waals surface area contributed by atoms with E-state index in [-0.39, 0.29) is 0 Å². The maximum Gasteiger partial charge on any atom is 0.105 e. The molecule has 1 aromatic heterocycles. The molecule has 3 nitrogen and oxygen atoms in total. The molecule has 0 fully saturated rings. The molecule has 0 saturated heterocycles. The molecular weight excluding hydrogens is 198 g/mol. The van der Waals surface area contributed by atoms with Crippen molar-refractivity contribution in [2.24, 2.45) is 0 Å². The Morgan fingerprint density at radius 2 is 2.06 bits per heavy atom. The first-order valence-corrected chi connectivity index (χ1v) is 5.63. The standard InChI is InChI=1S/C13H17N3/c1-12-14-9-11-16(12)10-5-8-15-13-6-3-2-4-7-13/h2-4,6-7,9,11,15H,5,8,10H2,1H3. The predicted molar refractivity (Wildman–Crippen MR) is 66.5 cm³/mol. The van der Waals surface area contributed by atoms with Crippen LogP contribution >= 0.6 is 0 Å². The molecule has 0 unspecified atom stereocenters. The minimum Gasteiger partial charge on any atom is -0.385 e. The van der Waals surface area contributed by atoms with E-state index in [1.807, 2.05) is 37.5 Å². The third kappa shape index (κ3) is 2.86. The maximum atomic E-state index is 4.20. The van der Waals surface area contributed by atoms with Crippen LogP contribution in [0.25, 0.3) is 0 Å². The predicted octanol–water partition coefficient (Wildman–Crippen LogP) is 2.69. The van der Waals surface area contributed by atoms with Gasteiger partial charge in [0.15, 0.2) is 0 Å². The highest BCUT2D eigenvalue weighted by Gasteiger charge is 1.95. The number of aromatic nitrogens is 2. The van der Waals surface area contributed by atoms with Crippen molar-refractivity contribution in [2.45, 2.75) is 19.9 Å². The zero-order chi connectivity index (χ0) is 11.2. The number of hydrogen-bond acceptors (Lipinski definition) is 2. The molecule has 16 heavy (non-hydrogen) atoms. The Morgan fingerprint density at radius 1 is 1.25 bits per heavy atom. The van der Waals surface area contributed by atoms with Crippen LogP contribution in [0.1, 0.15) is 12.2 Å². The van der Waals surface area contributed by atoms with Crippen molar-refractivity contribution in [2.75, 3.05) is 11.9 Å². The molecule has 0 aliphatic heterocycles. The van der Waals surface area contributed by atoms with Crippen molar-refractivity contribution in [3.05, 3.63) is 48.5 Å². The molecule has 0 bridgehead atoms. The Morgan fingerprint density at radius 3 is 2.75 bits per heavy atom. The normalized spacial score (nSPS) is 10.3. The smallest absolute Gasteiger partial charge is 0.105 e. The lowest BCUT2D eigenvalue weighted by Gasteiger charge is -2.07. The summed E-state index contributed by atoms with van der Waals surface area (Å²) < 4.78 is 2.17. The van der Waals surface area contributed by atoms with Crippen LogP contribution in [-0.2, 0) is 6.54 Å². The summed E-state index contributed by atoms with van der Waals surface area (Å²) in [5, 5.41) is 3.39.